The predicted octanol–water partition coefficient (Wildman–Crippen LogP) is 3.48. The fourth-order valence-electron chi connectivity index (χ4n) is 2.34. The number of carbonyl (C=O) groups excluding carboxylic acids is 1. The summed E-state index contributed by atoms with van der Waals surface area (Å²) < 4.78 is 3.18. The molecule has 0 spiro atoms. The van der Waals surface area contributed by atoms with Crippen LogP contribution in [0.25, 0.3) is 16.9 Å². The number of hydrogen-bond donors (Lipinski definition) is 1. The number of benzene rings is 1. The van der Waals surface area contributed by atoms with Gasteiger partial charge in [-0.25, -0.2) is 4.98 Å². The van der Waals surface area contributed by atoms with E-state index in [1.807, 2.05) is 53.2 Å². The Kier molecular flexibility index (Phi) is 5.03. The van der Waals surface area contributed by atoms with Crippen LogP contribution in [0.5, 0.6) is 0 Å². The first-order valence-corrected chi connectivity index (χ1v) is 8.78. The molecule has 6 nitrogen and oxygen atoms in total. The van der Waals surface area contributed by atoms with E-state index >= 15 is 0 Å². The van der Waals surface area contributed by atoms with Gasteiger partial charge in [0.2, 0.25) is 0 Å². The Balaban J connectivity index is 1.77. The molecule has 1 aromatic carbocycles. The van der Waals surface area contributed by atoms with Crippen molar-refractivity contribution in [3.8, 4) is 11.3 Å². The van der Waals surface area contributed by atoms with Crippen LogP contribution in [0, 0.1) is 3.57 Å². The van der Waals surface area contributed by atoms with E-state index in [4.69, 9.17) is 0 Å². The third-order valence-corrected chi connectivity index (χ3v) is 4.30. The Labute approximate surface area is 159 Å². The highest BCUT2D eigenvalue weighted by molar-refractivity contribution is 14.1. The molecule has 0 saturated heterocycles. The van der Waals surface area contributed by atoms with E-state index in [1.54, 1.807) is 21.0 Å². The molecule has 1 amide bonds. The minimum atomic E-state index is -0.122. The third-order valence-electron chi connectivity index (χ3n) is 3.66. The maximum atomic E-state index is 11.8. The number of fused-ring (bicyclic) bond motifs is 1. The van der Waals surface area contributed by atoms with Gasteiger partial charge < -0.3 is 9.30 Å². The van der Waals surface area contributed by atoms with Crippen molar-refractivity contribution in [3.63, 3.8) is 0 Å². The monoisotopic (exact) mass is 447 g/mol. The maximum absolute atomic E-state index is 11.8. The molecular weight excluding hydrogens is 429 g/mol. The van der Waals surface area contributed by atoms with Gasteiger partial charge in [-0.1, -0.05) is 12.1 Å². The number of pyridine rings is 1. The van der Waals surface area contributed by atoms with Crippen LogP contribution >= 0.6 is 22.6 Å². The number of aromatic nitrogens is 2. The first-order chi connectivity index (χ1) is 11.9. The van der Waals surface area contributed by atoms with Crippen molar-refractivity contribution >= 4 is 45.5 Å². The predicted molar refractivity (Wildman–Crippen MR) is 109 cm³/mol. The smallest absolute Gasteiger partial charge is 0.269 e. The van der Waals surface area contributed by atoms with E-state index in [0.717, 1.165) is 26.2 Å². The fraction of sp³-hybridized carbons (Fsp3) is 0.167. The molecule has 128 valence electrons. The summed E-state index contributed by atoms with van der Waals surface area (Å²) in [6.07, 6.45) is 4.06. The molecule has 0 bridgehead atoms. The van der Waals surface area contributed by atoms with Gasteiger partial charge in [-0.15, -0.1) is 0 Å². The van der Waals surface area contributed by atoms with Gasteiger partial charge in [0.1, 0.15) is 11.4 Å². The normalized spacial score (nSPS) is 11.6. The summed E-state index contributed by atoms with van der Waals surface area (Å²) in [7, 11) is 3.40. The van der Waals surface area contributed by atoms with Gasteiger partial charge in [0.15, 0.2) is 0 Å². The highest BCUT2D eigenvalue weighted by atomic mass is 127. The average Bonchev–Trinajstić information content (AvgIpc) is 3.02. The Hall–Kier alpha value is -2.42. The van der Waals surface area contributed by atoms with Crippen molar-refractivity contribution in [3.05, 3.63) is 52.4 Å². The number of amides is 1. The SMILES string of the molecule is CC(=NNc1ccc(-c2cn3cc(I)ccc3n2)cc1)C(=O)N(C)C. The molecule has 3 rings (SSSR count). The van der Waals surface area contributed by atoms with E-state index in [2.05, 4.69) is 38.1 Å². The second-order valence-corrected chi connectivity index (χ2v) is 7.07. The number of carbonyl (C=O) groups is 1. The van der Waals surface area contributed by atoms with Crippen LogP contribution in [0.4, 0.5) is 5.69 Å². The number of hydrazone groups is 1. The summed E-state index contributed by atoms with van der Waals surface area (Å²) in [5.41, 5.74) is 6.98. The maximum Gasteiger partial charge on any atom is 0.269 e. The Morgan fingerprint density at radius 3 is 2.56 bits per heavy atom. The molecule has 0 saturated carbocycles. The number of imidazole rings is 1. The summed E-state index contributed by atoms with van der Waals surface area (Å²) in [5, 5.41) is 4.12. The van der Waals surface area contributed by atoms with Crippen LogP contribution in [-0.4, -0.2) is 40.0 Å². The number of nitrogens with one attached hydrogen (secondary N) is 1. The average molecular weight is 447 g/mol. The van der Waals surface area contributed by atoms with E-state index in [0.29, 0.717) is 5.71 Å². The largest absolute Gasteiger partial charge is 0.344 e. The van der Waals surface area contributed by atoms with E-state index in [9.17, 15) is 4.79 Å². The molecule has 0 aliphatic carbocycles. The molecule has 0 atom stereocenters. The van der Waals surface area contributed by atoms with E-state index < -0.39 is 0 Å². The molecule has 0 unspecified atom stereocenters. The number of hydrogen-bond acceptors (Lipinski definition) is 4. The minimum absolute atomic E-state index is 0.122. The first kappa shape index (κ1) is 17.4. The Morgan fingerprint density at radius 2 is 1.88 bits per heavy atom. The third kappa shape index (κ3) is 3.98. The van der Waals surface area contributed by atoms with Crippen molar-refractivity contribution in [2.24, 2.45) is 5.10 Å². The molecule has 0 fully saturated rings. The van der Waals surface area contributed by atoms with Gasteiger partial charge in [-0.3, -0.25) is 10.2 Å². The molecule has 2 heterocycles. The highest BCUT2D eigenvalue weighted by Gasteiger charge is 2.08. The van der Waals surface area contributed by atoms with Gasteiger partial charge in [-0.05, 0) is 53.8 Å². The van der Waals surface area contributed by atoms with Crippen LogP contribution in [0.2, 0.25) is 0 Å². The molecule has 0 radical (unpaired) electrons. The zero-order chi connectivity index (χ0) is 18.0. The standard InChI is InChI=1S/C18H18IN5O/c1-12(18(25)23(2)3)21-22-15-7-4-13(5-8-15)16-11-24-10-14(19)6-9-17(24)20-16/h4-11,22H,1-3H3. The van der Waals surface area contributed by atoms with Crippen LogP contribution in [0.1, 0.15) is 6.92 Å². The fourth-order valence-corrected chi connectivity index (χ4v) is 2.82. The quantitative estimate of drug-likeness (QED) is 0.379. The van der Waals surface area contributed by atoms with Crippen LogP contribution in [0.3, 0.4) is 0 Å². The molecule has 0 aliphatic heterocycles. The van der Waals surface area contributed by atoms with Crippen molar-refractivity contribution < 1.29 is 4.79 Å². The second kappa shape index (κ2) is 7.22. The van der Waals surface area contributed by atoms with Gasteiger partial charge >= 0.3 is 0 Å². The van der Waals surface area contributed by atoms with Crippen molar-refractivity contribution in [2.75, 3.05) is 19.5 Å². The number of rotatable bonds is 4. The van der Waals surface area contributed by atoms with Crippen LogP contribution < -0.4 is 5.43 Å². The highest BCUT2D eigenvalue weighted by Crippen LogP contribution is 2.22. The van der Waals surface area contributed by atoms with E-state index in [-0.39, 0.29) is 5.91 Å². The zero-order valence-electron chi connectivity index (χ0n) is 14.2. The molecule has 7 heteroatoms. The van der Waals surface area contributed by atoms with Crippen molar-refractivity contribution in [1.82, 2.24) is 14.3 Å². The van der Waals surface area contributed by atoms with Crippen LogP contribution in [0.15, 0.2) is 53.9 Å². The number of halogens is 1. The topological polar surface area (TPSA) is 62.0 Å². The first-order valence-electron chi connectivity index (χ1n) is 7.70. The van der Waals surface area contributed by atoms with Crippen molar-refractivity contribution in [2.45, 2.75) is 6.92 Å². The summed E-state index contributed by atoms with van der Waals surface area (Å²) in [6.45, 7) is 1.68. The molecule has 3 aromatic rings. The minimum Gasteiger partial charge on any atom is -0.344 e. The van der Waals surface area contributed by atoms with Crippen LogP contribution in [-0.2, 0) is 4.79 Å². The van der Waals surface area contributed by atoms with E-state index in [1.165, 1.54) is 4.90 Å². The van der Waals surface area contributed by atoms with Crippen molar-refractivity contribution in [1.29, 1.82) is 0 Å². The lowest BCUT2D eigenvalue weighted by molar-refractivity contribution is -0.121. The molecular formula is C18H18IN5O. The lowest BCUT2D eigenvalue weighted by atomic mass is 10.1. The Bertz CT molecular complexity index is 944. The van der Waals surface area contributed by atoms with Gasteiger partial charge in [-0.2, -0.15) is 5.10 Å². The Morgan fingerprint density at radius 1 is 1.16 bits per heavy atom. The molecule has 1 N–H and O–H groups in total. The molecule has 2 aromatic heterocycles. The summed E-state index contributed by atoms with van der Waals surface area (Å²) in [4.78, 5) is 17.9. The lowest BCUT2D eigenvalue weighted by Gasteiger charge is -2.09. The lowest BCUT2D eigenvalue weighted by Crippen LogP contribution is -2.28. The number of anilines is 1. The van der Waals surface area contributed by atoms with Gasteiger partial charge in [0.05, 0.1) is 11.4 Å². The number of nitrogens with zero attached hydrogens (tertiary/aromatic N) is 4. The summed E-state index contributed by atoms with van der Waals surface area (Å²) in [5.74, 6) is -0.122. The molecule has 25 heavy (non-hydrogen) atoms. The molecule has 0 aliphatic rings. The zero-order valence-corrected chi connectivity index (χ0v) is 16.4. The van der Waals surface area contributed by atoms with Gasteiger partial charge in [0, 0.05) is 35.6 Å². The summed E-state index contributed by atoms with van der Waals surface area (Å²) in [6, 6.07) is 11.8. The summed E-state index contributed by atoms with van der Waals surface area (Å²) >= 11 is 2.28. The van der Waals surface area contributed by atoms with Gasteiger partial charge in [0.25, 0.3) is 5.91 Å². The second-order valence-electron chi connectivity index (χ2n) is 5.82.